The largest absolute Gasteiger partial charge is 0.468 e. The average molecular weight is 261 g/mol. The number of methoxy groups -OCH3 is 1. The lowest BCUT2D eigenvalue weighted by molar-refractivity contribution is -0.141. The lowest BCUT2D eigenvalue weighted by atomic mass is 10.6. The minimum absolute atomic E-state index is 0.0556. The molecule has 0 aliphatic rings. The fourth-order valence-electron chi connectivity index (χ4n) is 0.982. The Bertz CT molecular complexity index is 492. The zero-order valence-electron chi connectivity index (χ0n) is 9.87. The normalized spacial score (nSPS) is 11.5. The average Bonchev–Trinajstić information content (AvgIpc) is 2.64. The molecule has 0 aromatic carbocycles. The van der Waals surface area contributed by atoms with Gasteiger partial charge in [0.1, 0.15) is 6.54 Å². The van der Waals surface area contributed by atoms with Gasteiger partial charge in [0.05, 0.1) is 24.2 Å². The van der Waals surface area contributed by atoms with Crippen LogP contribution in [0.1, 0.15) is 13.8 Å². The van der Waals surface area contributed by atoms with Crippen LogP contribution in [0, 0.1) is 0 Å². The van der Waals surface area contributed by atoms with E-state index in [0.29, 0.717) is 5.69 Å². The van der Waals surface area contributed by atoms with Crippen molar-refractivity contribution in [3.63, 3.8) is 0 Å². The number of sulfonamides is 1. The molecule has 0 radical (unpaired) electrons. The summed E-state index contributed by atoms with van der Waals surface area (Å²) < 4.78 is 31.2. The van der Waals surface area contributed by atoms with E-state index in [4.69, 9.17) is 0 Å². The van der Waals surface area contributed by atoms with Crippen molar-refractivity contribution in [3.05, 3.63) is 12.4 Å². The molecular weight excluding hydrogens is 246 g/mol. The van der Waals surface area contributed by atoms with Gasteiger partial charge in [-0.25, -0.2) is 8.42 Å². The summed E-state index contributed by atoms with van der Waals surface area (Å²) in [4.78, 5) is 11.0. The first kappa shape index (κ1) is 13.5. The van der Waals surface area contributed by atoms with Gasteiger partial charge in [-0.2, -0.15) is 5.10 Å². The summed E-state index contributed by atoms with van der Waals surface area (Å²) in [7, 11) is -2.12. The van der Waals surface area contributed by atoms with E-state index < -0.39 is 21.2 Å². The van der Waals surface area contributed by atoms with E-state index in [0.717, 1.165) is 0 Å². The maximum Gasteiger partial charge on any atom is 0.327 e. The highest BCUT2D eigenvalue weighted by Crippen LogP contribution is 2.10. The van der Waals surface area contributed by atoms with Gasteiger partial charge in [-0.05, 0) is 13.8 Å². The second-order valence-electron chi connectivity index (χ2n) is 3.70. The SMILES string of the molecule is COC(=O)Cn1cc(NS(=O)(=O)C(C)C)cn1. The first-order valence-electron chi connectivity index (χ1n) is 4.96. The summed E-state index contributed by atoms with van der Waals surface area (Å²) in [6, 6.07) is 0. The van der Waals surface area contributed by atoms with E-state index in [1.807, 2.05) is 0 Å². The zero-order valence-corrected chi connectivity index (χ0v) is 10.7. The molecule has 1 aromatic heterocycles. The number of rotatable bonds is 5. The second-order valence-corrected chi connectivity index (χ2v) is 5.94. The van der Waals surface area contributed by atoms with Gasteiger partial charge in [0.25, 0.3) is 0 Å². The van der Waals surface area contributed by atoms with E-state index in [1.54, 1.807) is 13.8 Å². The molecule has 0 aliphatic heterocycles. The highest BCUT2D eigenvalue weighted by Gasteiger charge is 2.16. The first-order chi connectivity index (χ1) is 7.85. The van der Waals surface area contributed by atoms with Crippen molar-refractivity contribution < 1.29 is 17.9 Å². The van der Waals surface area contributed by atoms with Crippen LogP contribution in [-0.2, 0) is 26.1 Å². The van der Waals surface area contributed by atoms with Gasteiger partial charge in [0.15, 0.2) is 0 Å². The van der Waals surface area contributed by atoms with Crippen LogP contribution in [0.25, 0.3) is 0 Å². The molecule has 0 bridgehead atoms. The molecule has 1 heterocycles. The van der Waals surface area contributed by atoms with Crippen molar-refractivity contribution >= 4 is 21.7 Å². The molecule has 0 fully saturated rings. The van der Waals surface area contributed by atoms with Crippen LogP contribution < -0.4 is 4.72 Å². The highest BCUT2D eigenvalue weighted by molar-refractivity contribution is 7.93. The number of nitrogens with one attached hydrogen (secondary N) is 1. The number of ether oxygens (including phenoxy) is 1. The number of aromatic nitrogens is 2. The number of nitrogens with zero attached hydrogens (tertiary/aromatic N) is 2. The van der Waals surface area contributed by atoms with Crippen LogP contribution in [0.5, 0.6) is 0 Å². The molecular formula is C9H15N3O4S. The minimum Gasteiger partial charge on any atom is -0.468 e. The van der Waals surface area contributed by atoms with Crippen molar-refractivity contribution in [3.8, 4) is 0 Å². The number of esters is 1. The molecule has 1 N–H and O–H groups in total. The van der Waals surface area contributed by atoms with Gasteiger partial charge in [-0.15, -0.1) is 0 Å². The Morgan fingerprint density at radius 3 is 2.76 bits per heavy atom. The van der Waals surface area contributed by atoms with Crippen LogP contribution in [0.2, 0.25) is 0 Å². The Labute approximate surface area is 99.8 Å². The highest BCUT2D eigenvalue weighted by atomic mass is 32.2. The Hall–Kier alpha value is -1.57. The molecule has 0 atom stereocenters. The smallest absolute Gasteiger partial charge is 0.327 e. The molecule has 0 saturated carbocycles. The maximum absolute atomic E-state index is 11.5. The lowest BCUT2D eigenvalue weighted by Gasteiger charge is -2.07. The topological polar surface area (TPSA) is 90.3 Å². The molecule has 7 nitrogen and oxygen atoms in total. The van der Waals surface area contributed by atoms with Gasteiger partial charge >= 0.3 is 5.97 Å². The number of anilines is 1. The molecule has 0 saturated heterocycles. The van der Waals surface area contributed by atoms with Crippen molar-refractivity contribution in [2.75, 3.05) is 11.8 Å². The maximum atomic E-state index is 11.5. The van der Waals surface area contributed by atoms with Crippen molar-refractivity contribution in [1.82, 2.24) is 9.78 Å². The third kappa shape index (κ3) is 3.74. The predicted molar refractivity (Wildman–Crippen MR) is 61.9 cm³/mol. The fourth-order valence-corrected chi connectivity index (χ4v) is 1.65. The van der Waals surface area contributed by atoms with E-state index in [1.165, 1.54) is 24.2 Å². The summed E-state index contributed by atoms with van der Waals surface area (Å²) in [5, 5.41) is 3.30. The molecule has 0 aliphatic carbocycles. The van der Waals surface area contributed by atoms with Gasteiger partial charge < -0.3 is 4.74 Å². The van der Waals surface area contributed by atoms with E-state index in [-0.39, 0.29) is 6.54 Å². The Morgan fingerprint density at radius 1 is 1.59 bits per heavy atom. The summed E-state index contributed by atoms with van der Waals surface area (Å²) in [5.41, 5.74) is 0.322. The fraction of sp³-hybridized carbons (Fsp3) is 0.556. The quantitative estimate of drug-likeness (QED) is 0.765. The third-order valence-electron chi connectivity index (χ3n) is 2.03. The summed E-state index contributed by atoms with van der Waals surface area (Å²) in [6.07, 6.45) is 2.76. The van der Waals surface area contributed by atoms with Gasteiger partial charge in [0, 0.05) is 6.20 Å². The summed E-state index contributed by atoms with van der Waals surface area (Å²) in [5.74, 6) is -0.452. The zero-order chi connectivity index (χ0) is 13.1. The Balaban J connectivity index is 2.73. The predicted octanol–water partition coefficient (Wildman–Crippen LogP) is 0.206. The molecule has 0 unspecified atom stereocenters. The Kier molecular flexibility index (Phi) is 4.11. The molecule has 1 rings (SSSR count). The van der Waals surface area contributed by atoms with Gasteiger partial charge in [0.2, 0.25) is 10.0 Å². The molecule has 17 heavy (non-hydrogen) atoms. The van der Waals surface area contributed by atoms with Crippen LogP contribution in [0.3, 0.4) is 0 Å². The van der Waals surface area contributed by atoms with Gasteiger partial charge in [-0.3, -0.25) is 14.2 Å². The first-order valence-corrected chi connectivity index (χ1v) is 6.50. The molecule has 1 aromatic rings. The molecule has 8 heteroatoms. The number of carbonyl (C=O) groups is 1. The summed E-state index contributed by atoms with van der Waals surface area (Å²) >= 11 is 0. The van der Waals surface area contributed by atoms with E-state index in [9.17, 15) is 13.2 Å². The minimum atomic E-state index is -3.39. The summed E-state index contributed by atoms with van der Waals surface area (Å²) in [6.45, 7) is 3.09. The monoisotopic (exact) mass is 261 g/mol. The van der Waals surface area contributed by atoms with Gasteiger partial charge in [-0.1, -0.05) is 0 Å². The van der Waals surface area contributed by atoms with Crippen LogP contribution in [0.15, 0.2) is 12.4 Å². The van der Waals surface area contributed by atoms with Crippen molar-refractivity contribution in [2.24, 2.45) is 0 Å². The second kappa shape index (κ2) is 5.17. The molecule has 96 valence electrons. The molecule has 0 spiro atoms. The van der Waals surface area contributed by atoms with Crippen LogP contribution in [-0.4, -0.2) is 36.5 Å². The van der Waals surface area contributed by atoms with Crippen molar-refractivity contribution in [1.29, 1.82) is 0 Å². The Morgan fingerprint density at radius 2 is 2.24 bits per heavy atom. The number of hydrogen-bond acceptors (Lipinski definition) is 5. The lowest BCUT2D eigenvalue weighted by Crippen LogP contribution is -2.22. The van der Waals surface area contributed by atoms with Crippen LogP contribution >= 0.6 is 0 Å². The van der Waals surface area contributed by atoms with Crippen LogP contribution in [0.4, 0.5) is 5.69 Å². The van der Waals surface area contributed by atoms with Crippen molar-refractivity contribution in [2.45, 2.75) is 25.6 Å². The van der Waals surface area contributed by atoms with E-state index >= 15 is 0 Å². The van der Waals surface area contributed by atoms with E-state index in [2.05, 4.69) is 14.6 Å². The molecule has 0 amide bonds. The number of hydrogen-bond donors (Lipinski definition) is 1. The third-order valence-corrected chi connectivity index (χ3v) is 3.79. The number of carbonyl (C=O) groups excluding carboxylic acids is 1. The standard InChI is InChI=1S/C9H15N3O4S/c1-7(2)17(14,15)11-8-4-10-12(5-8)6-9(13)16-3/h4-5,7,11H,6H2,1-3H3.